The molecule has 1 fully saturated rings. The van der Waals surface area contributed by atoms with Gasteiger partial charge in [0.2, 0.25) is 0 Å². The van der Waals surface area contributed by atoms with E-state index in [2.05, 4.69) is 17.4 Å². The number of ether oxygens (including phenoxy) is 1. The number of alkyl carbamates (subject to hydrolysis) is 1. The number of para-hydroxylation sites is 1. The largest absolute Gasteiger partial charge is 0.444 e. The van der Waals surface area contributed by atoms with Gasteiger partial charge in [0.25, 0.3) is 5.91 Å². The molecule has 0 saturated carbocycles. The van der Waals surface area contributed by atoms with Crippen LogP contribution in [-0.2, 0) is 10.5 Å². The quantitative estimate of drug-likeness (QED) is 0.522. The van der Waals surface area contributed by atoms with E-state index in [9.17, 15) is 9.59 Å². The Morgan fingerprint density at radius 1 is 1.09 bits per heavy atom. The molecule has 1 N–H and O–H groups in total. The van der Waals surface area contributed by atoms with Crippen molar-refractivity contribution in [1.82, 2.24) is 15.2 Å². The third-order valence-corrected chi connectivity index (χ3v) is 6.36. The number of nitrogens with zero attached hydrogens (tertiary/aromatic N) is 2. The molecule has 33 heavy (non-hydrogen) atoms. The van der Waals surface area contributed by atoms with E-state index in [0.29, 0.717) is 18.7 Å². The van der Waals surface area contributed by atoms with Gasteiger partial charge in [-0.15, -0.1) is 11.8 Å². The van der Waals surface area contributed by atoms with Crippen LogP contribution in [0.2, 0.25) is 0 Å². The van der Waals surface area contributed by atoms with Crippen molar-refractivity contribution in [2.24, 2.45) is 0 Å². The number of hydrogen-bond acceptors (Lipinski definition) is 5. The van der Waals surface area contributed by atoms with Crippen LogP contribution in [0.25, 0.3) is 10.9 Å². The normalized spacial score (nSPS) is 16.1. The molecule has 7 heteroatoms. The van der Waals surface area contributed by atoms with Gasteiger partial charge in [0, 0.05) is 29.8 Å². The summed E-state index contributed by atoms with van der Waals surface area (Å²) in [5.74, 6) is 0.768. The highest BCUT2D eigenvalue weighted by Crippen LogP contribution is 2.24. The lowest BCUT2D eigenvalue weighted by Crippen LogP contribution is -2.41. The van der Waals surface area contributed by atoms with Crippen molar-refractivity contribution in [2.75, 3.05) is 13.1 Å². The first-order valence-electron chi connectivity index (χ1n) is 11.1. The number of rotatable bonds is 5. The fourth-order valence-corrected chi connectivity index (χ4v) is 4.58. The molecule has 1 saturated heterocycles. The molecular weight excluding hydrogens is 434 g/mol. The number of thioether (sulfide) groups is 1. The molecule has 0 aliphatic carbocycles. The van der Waals surface area contributed by atoms with E-state index in [1.807, 2.05) is 69.3 Å². The van der Waals surface area contributed by atoms with E-state index in [4.69, 9.17) is 9.72 Å². The van der Waals surface area contributed by atoms with Crippen LogP contribution in [0, 0.1) is 0 Å². The van der Waals surface area contributed by atoms with E-state index < -0.39 is 11.7 Å². The second-order valence-corrected chi connectivity index (χ2v) is 10.2. The Hall–Kier alpha value is -3.06. The number of amides is 2. The maximum Gasteiger partial charge on any atom is 0.407 e. The first-order chi connectivity index (χ1) is 15.8. The number of fused-ring (bicyclic) bond motifs is 1. The van der Waals surface area contributed by atoms with Crippen LogP contribution >= 0.6 is 11.8 Å². The minimum atomic E-state index is -0.539. The fourth-order valence-electron chi connectivity index (χ4n) is 3.75. The maximum absolute atomic E-state index is 12.9. The molecule has 0 spiro atoms. The van der Waals surface area contributed by atoms with Crippen molar-refractivity contribution in [3.05, 3.63) is 71.8 Å². The first-order valence-corrected chi connectivity index (χ1v) is 12.1. The van der Waals surface area contributed by atoms with Gasteiger partial charge in [0.15, 0.2) is 0 Å². The standard InChI is InChI=1S/C26H29N3O3S/c1-26(2,3)32-25(31)27-21-14-15-29(16-21)24(30)20-10-8-18(9-11-20)17-33-23-13-12-19-6-4-5-7-22(19)28-23/h4-13,21H,14-17H2,1-3H3,(H,27,31). The number of carbonyl (C=O) groups excluding carboxylic acids is 2. The molecule has 1 aromatic heterocycles. The van der Waals surface area contributed by atoms with Crippen molar-refractivity contribution >= 4 is 34.7 Å². The molecule has 6 nitrogen and oxygen atoms in total. The maximum atomic E-state index is 12.9. The lowest BCUT2D eigenvalue weighted by molar-refractivity contribution is 0.0502. The number of benzene rings is 2. The average Bonchev–Trinajstić information content (AvgIpc) is 3.24. The lowest BCUT2D eigenvalue weighted by atomic mass is 10.1. The van der Waals surface area contributed by atoms with Gasteiger partial charge in [0.1, 0.15) is 5.60 Å². The van der Waals surface area contributed by atoms with Gasteiger partial charge in [-0.1, -0.05) is 36.4 Å². The van der Waals surface area contributed by atoms with Crippen LogP contribution in [0.3, 0.4) is 0 Å². The van der Waals surface area contributed by atoms with Crippen LogP contribution in [0.15, 0.2) is 65.7 Å². The van der Waals surface area contributed by atoms with E-state index in [-0.39, 0.29) is 11.9 Å². The van der Waals surface area contributed by atoms with Crippen molar-refractivity contribution in [2.45, 2.75) is 49.6 Å². The summed E-state index contributed by atoms with van der Waals surface area (Å²) in [7, 11) is 0. The molecule has 0 bridgehead atoms. The molecule has 2 heterocycles. The molecule has 1 atom stereocenters. The number of pyridine rings is 1. The predicted octanol–water partition coefficient (Wildman–Crippen LogP) is 5.27. The molecule has 2 aromatic carbocycles. The van der Waals surface area contributed by atoms with Crippen molar-refractivity contribution in [3.8, 4) is 0 Å². The summed E-state index contributed by atoms with van der Waals surface area (Å²) >= 11 is 1.68. The summed E-state index contributed by atoms with van der Waals surface area (Å²) < 4.78 is 5.31. The van der Waals surface area contributed by atoms with Crippen molar-refractivity contribution in [3.63, 3.8) is 0 Å². The van der Waals surface area contributed by atoms with Crippen LogP contribution in [0.5, 0.6) is 0 Å². The Bertz CT molecular complexity index is 1140. The van der Waals surface area contributed by atoms with Gasteiger partial charge in [0.05, 0.1) is 16.6 Å². The molecule has 172 valence electrons. The summed E-state index contributed by atoms with van der Waals surface area (Å²) in [6.07, 6.45) is 0.280. The molecule has 2 amide bonds. The second-order valence-electron chi connectivity index (χ2n) is 9.21. The minimum Gasteiger partial charge on any atom is -0.444 e. The van der Waals surface area contributed by atoms with Crippen LogP contribution in [0.1, 0.15) is 43.1 Å². The highest BCUT2D eigenvalue weighted by atomic mass is 32.2. The zero-order valence-corrected chi connectivity index (χ0v) is 20.0. The van der Waals surface area contributed by atoms with Gasteiger partial charge in [-0.05, 0) is 57.0 Å². The lowest BCUT2D eigenvalue weighted by Gasteiger charge is -2.22. The molecule has 4 rings (SSSR count). The minimum absolute atomic E-state index is 0.0149. The predicted molar refractivity (Wildman–Crippen MR) is 131 cm³/mol. The molecule has 3 aromatic rings. The zero-order chi connectivity index (χ0) is 23.4. The Morgan fingerprint density at radius 2 is 1.85 bits per heavy atom. The molecule has 1 unspecified atom stereocenters. The smallest absolute Gasteiger partial charge is 0.407 e. The van der Waals surface area contributed by atoms with Gasteiger partial charge in [-0.2, -0.15) is 0 Å². The van der Waals surface area contributed by atoms with Crippen molar-refractivity contribution in [1.29, 1.82) is 0 Å². The van der Waals surface area contributed by atoms with E-state index >= 15 is 0 Å². The summed E-state index contributed by atoms with van der Waals surface area (Å²) in [6, 6.07) is 19.9. The third-order valence-electron chi connectivity index (χ3n) is 5.36. The Morgan fingerprint density at radius 3 is 2.61 bits per heavy atom. The van der Waals surface area contributed by atoms with Crippen LogP contribution in [-0.4, -0.2) is 46.6 Å². The first kappa shape index (κ1) is 23.1. The van der Waals surface area contributed by atoms with Gasteiger partial charge in [-0.3, -0.25) is 4.79 Å². The number of aromatic nitrogens is 1. The summed E-state index contributed by atoms with van der Waals surface area (Å²) in [5, 5.41) is 4.98. The molecule has 0 radical (unpaired) electrons. The number of nitrogens with one attached hydrogen (secondary N) is 1. The molecular formula is C26H29N3O3S. The topological polar surface area (TPSA) is 71.5 Å². The zero-order valence-electron chi connectivity index (χ0n) is 19.2. The monoisotopic (exact) mass is 463 g/mol. The summed E-state index contributed by atoms with van der Waals surface area (Å²) in [4.78, 5) is 31.4. The number of likely N-dealkylation sites (tertiary alicyclic amines) is 1. The molecule has 1 aliphatic rings. The van der Waals surface area contributed by atoms with Crippen LogP contribution in [0.4, 0.5) is 4.79 Å². The SMILES string of the molecule is CC(C)(C)OC(=O)NC1CCN(C(=O)c2ccc(CSc3ccc4ccccc4n3)cc2)C1. The van der Waals surface area contributed by atoms with Gasteiger partial charge >= 0.3 is 6.09 Å². The second kappa shape index (κ2) is 9.83. The summed E-state index contributed by atoms with van der Waals surface area (Å²) in [5.41, 5.74) is 2.25. The Kier molecular flexibility index (Phi) is 6.88. The average molecular weight is 464 g/mol. The van der Waals surface area contributed by atoms with Crippen LogP contribution < -0.4 is 5.32 Å². The highest BCUT2D eigenvalue weighted by molar-refractivity contribution is 7.98. The molecule has 1 aliphatic heterocycles. The van der Waals surface area contributed by atoms with E-state index in [1.54, 1.807) is 16.7 Å². The van der Waals surface area contributed by atoms with Crippen molar-refractivity contribution < 1.29 is 14.3 Å². The highest BCUT2D eigenvalue weighted by Gasteiger charge is 2.29. The summed E-state index contributed by atoms with van der Waals surface area (Å²) in [6.45, 7) is 6.60. The van der Waals surface area contributed by atoms with E-state index in [0.717, 1.165) is 33.7 Å². The number of hydrogen-bond donors (Lipinski definition) is 1. The fraction of sp³-hybridized carbons (Fsp3) is 0.346. The Labute approximate surface area is 198 Å². The third kappa shape index (κ3) is 6.26. The van der Waals surface area contributed by atoms with Gasteiger partial charge in [-0.25, -0.2) is 9.78 Å². The van der Waals surface area contributed by atoms with E-state index in [1.165, 1.54) is 0 Å². The number of carbonyl (C=O) groups is 2. The Balaban J connectivity index is 1.29. The van der Waals surface area contributed by atoms with Gasteiger partial charge < -0.3 is 15.0 Å².